The van der Waals surface area contributed by atoms with E-state index in [0.29, 0.717) is 12.8 Å². The molecule has 1 aromatic rings. The summed E-state index contributed by atoms with van der Waals surface area (Å²) >= 11 is 0. The second-order valence-corrected chi connectivity index (χ2v) is 6.72. The minimum Gasteiger partial charge on any atom is -0.486 e. The van der Waals surface area contributed by atoms with Crippen molar-refractivity contribution in [3.05, 3.63) is 47.2 Å². The molecular weight excluding hydrogens is 236 g/mol. The highest BCUT2D eigenvalue weighted by atomic mass is 16.5. The number of ether oxygens (including phenoxy) is 1. The Morgan fingerprint density at radius 1 is 1.00 bits per heavy atom. The summed E-state index contributed by atoms with van der Waals surface area (Å²) in [5, 5.41) is 0. The molecule has 0 spiro atoms. The molecule has 1 aliphatic carbocycles. The lowest BCUT2D eigenvalue weighted by Crippen LogP contribution is -2.24. The van der Waals surface area contributed by atoms with Gasteiger partial charge in [0.05, 0.1) is 0 Å². The molecule has 2 nitrogen and oxygen atoms in total. The Morgan fingerprint density at radius 3 is 2.37 bits per heavy atom. The third-order valence-corrected chi connectivity index (χ3v) is 4.20. The minimum absolute atomic E-state index is 0.0256. The molecule has 0 fully saturated rings. The smallest absolute Gasteiger partial charge is 0.162 e. The third-order valence-electron chi connectivity index (χ3n) is 4.20. The molecule has 0 N–H and O–H groups in total. The van der Waals surface area contributed by atoms with Crippen LogP contribution < -0.4 is 0 Å². The number of benzene rings is 1. The van der Waals surface area contributed by atoms with Crippen LogP contribution in [0, 0.1) is 5.41 Å². The van der Waals surface area contributed by atoms with Crippen LogP contribution in [0.1, 0.15) is 45.6 Å². The Morgan fingerprint density at radius 2 is 1.68 bits per heavy atom. The second kappa shape index (κ2) is 3.96. The molecule has 1 unspecified atom stereocenters. The first-order chi connectivity index (χ1) is 8.90. The molecule has 19 heavy (non-hydrogen) atoms. The first-order valence-corrected chi connectivity index (χ1v) is 6.89. The Hall–Kier alpha value is -1.57. The van der Waals surface area contributed by atoms with Crippen molar-refractivity contribution in [2.24, 2.45) is 5.41 Å². The summed E-state index contributed by atoms with van der Waals surface area (Å²) in [6.07, 6.45) is 2.22. The van der Waals surface area contributed by atoms with Crippen molar-refractivity contribution in [3.63, 3.8) is 0 Å². The summed E-state index contributed by atoms with van der Waals surface area (Å²) < 4.78 is 6.20. The molecule has 0 radical (unpaired) electrons. The Kier molecular flexibility index (Phi) is 2.60. The van der Waals surface area contributed by atoms with Gasteiger partial charge in [-0.2, -0.15) is 0 Å². The molecule has 100 valence electrons. The predicted octanol–water partition coefficient (Wildman–Crippen LogP) is 3.97. The number of hydrogen-bond acceptors (Lipinski definition) is 2. The van der Waals surface area contributed by atoms with Gasteiger partial charge in [0.25, 0.3) is 0 Å². The van der Waals surface area contributed by atoms with Gasteiger partial charge < -0.3 is 4.74 Å². The number of rotatable bonds is 1. The Bertz CT molecular complexity index is 554. The van der Waals surface area contributed by atoms with Gasteiger partial charge >= 0.3 is 0 Å². The summed E-state index contributed by atoms with van der Waals surface area (Å²) in [5.74, 6) is 1.19. The van der Waals surface area contributed by atoms with Crippen molar-refractivity contribution in [2.45, 2.75) is 45.6 Å². The number of carbonyl (C=O) groups excluding carboxylic acids is 1. The van der Waals surface area contributed by atoms with Crippen LogP contribution in [0.15, 0.2) is 41.7 Å². The maximum absolute atomic E-state index is 12.3. The first kappa shape index (κ1) is 12.5. The first-order valence-electron chi connectivity index (χ1n) is 6.89. The minimum atomic E-state index is -0.373. The van der Waals surface area contributed by atoms with Crippen molar-refractivity contribution in [1.82, 2.24) is 0 Å². The van der Waals surface area contributed by atoms with Crippen LogP contribution in [0.25, 0.3) is 0 Å². The number of carbonyl (C=O) groups is 1. The molecule has 0 saturated carbocycles. The topological polar surface area (TPSA) is 26.3 Å². The zero-order valence-electron chi connectivity index (χ0n) is 11.8. The summed E-state index contributed by atoms with van der Waals surface area (Å²) in [6, 6.07) is 10.2. The van der Waals surface area contributed by atoms with Crippen molar-refractivity contribution < 1.29 is 9.53 Å². The van der Waals surface area contributed by atoms with Crippen LogP contribution in [0.4, 0.5) is 0 Å². The third kappa shape index (κ3) is 2.09. The van der Waals surface area contributed by atoms with Gasteiger partial charge in [-0.25, -0.2) is 0 Å². The van der Waals surface area contributed by atoms with Crippen molar-refractivity contribution in [3.8, 4) is 0 Å². The average Bonchev–Trinajstić information content (AvgIpc) is 2.67. The van der Waals surface area contributed by atoms with Crippen LogP contribution in [0.5, 0.6) is 0 Å². The fourth-order valence-electron chi connectivity index (χ4n) is 3.19. The fourth-order valence-corrected chi connectivity index (χ4v) is 3.19. The molecule has 0 amide bonds. The second-order valence-electron chi connectivity index (χ2n) is 6.72. The van der Waals surface area contributed by atoms with E-state index in [0.717, 1.165) is 23.3 Å². The van der Waals surface area contributed by atoms with Crippen LogP contribution in [0.3, 0.4) is 0 Å². The van der Waals surface area contributed by atoms with Gasteiger partial charge in [0.15, 0.2) is 5.78 Å². The number of hydrogen-bond donors (Lipinski definition) is 0. The molecule has 2 aliphatic rings. The van der Waals surface area contributed by atoms with Crippen LogP contribution in [-0.4, -0.2) is 5.78 Å². The summed E-state index contributed by atoms with van der Waals surface area (Å²) in [7, 11) is 0. The van der Waals surface area contributed by atoms with Crippen molar-refractivity contribution in [1.29, 1.82) is 0 Å². The van der Waals surface area contributed by atoms with Gasteiger partial charge in [0, 0.05) is 24.8 Å². The molecule has 3 rings (SSSR count). The zero-order chi connectivity index (χ0) is 13.7. The normalized spacial score (nSPS) is 29.1. The zero-order valence-corrected chi connectivity index (χ0v) is 11.8. The number of Topliss-reactive ketones (excluding diaryl/α,β-unsaturated/α-hetero) is 1. The van der Waals surface area contributed by atoms with E-state index in [4.69, 9.17) is 4.74 Å². The van der Waals surface area contributed by atoms with Gasteiger partial charge in [0.2, 0.25) is 0 Å². The van der Waals surface area contributed by atoms with E-state index in [9.17, 15) is 4.79 Å². The van der Waals surface area contributed by atoms with E-state index >= 15 is 0 Å². The molecular formula is C17H20O2. The monoisotopic (exact) mass is 256 g/mol. The average molecular weight is 256 g/mol. The van der Waals surface area contributed by atoms with E-state index in [1.807, 2.05) is 18.2 Å². The number of allylic oxidation sites excluding steroid dienone is 1. The molecule has 0 aromatic heterocycles. The summed E-state index contributed by atoms with van der Waals surface area (Å²) in [6.45, 7) is 6.35. The lowest BCUT2D eigenvalue weighted by Gasteiger charge is -2.30. The Labute approximate surface area is 114 Å². The van der Waals surface area contributed by atoms with E-state index in [2.05, 4.69) is 32.9 Å². The fraction of sp³-hybridized carbons (Fsp3) is 0.471. The maximum Gasteiger partial charge on any atom is 0.162 e. The molecule has 2 heteroatoms. The van der Waals surface area contributed by atoms with Gasteiger partial charge in [-0.1, -0.05) is 44.2 Å². The molecule has 0 saturated heterocycles. The highest BCUT2D eigenvalue weighted by molar-refractivity contribution is 5.97. The van der Waals surface area contributed by atoms with Crippen molar-refractivity contribution in [2.75, 3.05) is 0 Å². The lowest BCUT2D eigenvalue weighted by molar-refractivity contribution is -0.118. The lowest BCUT2D eigenvalue weighted by atomic mass is 9.75. The maximum atomic E-state index is 12.3. The van der Waals surface area contributed by atoms with Gasteiger partial charge in [-0.3, -0.25) is 4.79 Å². The SMILES string of the molecule is CC1(C)CC(=O)C2=C(C1)OC(C)(c1ccccc1)C2. The number of ketones is 1. The van der Waals surface area contributed by atoms with Crippen LogP contribution >= 0.6 is 0 Å². The Balaban J connectivity index is 1.93. The van der Waals surface area contributed by atoms with Gasteiger partial charge in [-0.05, 0) is 17.9 Å². The van der Waals surface area contributed by atoms with Crippen LogP contribution in [0.2, 0.25) is 0 Å². The highest BCUT2D eigenvalue weighted by Gasteiger charge is 2.45. The van der Waals surface area contributed by atoms with Crippen LogP contribution in [-0.2, 0) is 15.1 Å². The molecule has 1 aromatic carbocycles. The van der Waals surface area contributed by atoms with E-state index < -0.39 is 0 Å². The van der Waals surface area contributed by atoms with Crippen molar-refractivity contribution >= 4 is 5.78 Å². The molecule has 1 atom stereocenters. The largest absolute Gasteiger partial charge is 0.486 e. The standard InChI is InChI=1S/C17H20O2/c1-16(2)10-14(18)13-9-17(3,19-15(13)11-16)12-7-5-4-6-8-12/h4-8H,9-11H2,1-3H3. The molecule has 1 heterocycles. The highest BCUT2D eigenvalue weighted by Crippen LogP contribution is 2.49. The van der Waals surface area contributed by atoms with Gasteiger partial charge in [0.1, 0.15) is 11.4 Å². The van der Waals surface area contributed by atoms with Gasteiger partial charge in [-0.15, -0.1) is 0 Å². The molecule has 0 bridgehead atoms. The van der Waals surface area contributed by atoms with E-state index in [1.165, 1.54) is 0 Å². The summed E-state index contributed by atoms with van der Waals surface area (Å²) in [5.41, 5.74) is 1.72. The quantitative estimate of drug-likeness (QED) is 0.760. The predicted molar refractivity (Wildman–Crippen MR) is 74.5 cm³/mol. The van der Waals surface area contributed by atoms with E-state index in [-0.39, 0.29) is 16.8 Å². The van der Waals surface area contributed by atoms with E-state index in [1.54, 1.807) is 0 Å². The molecule has 1 aliphatic heterocycles. The summed E-state index contributed by atoms with van der Waals surface area (Å²) in [4.78, 5) is 12.3.